The molecule has 0 aromatic carbocycles. The first-order chi connectivity index (χ1) is 8.32. The number of carbonyl (C=O) groups is 1. The van der Waals surface area contributed by atoms with Crippen LogP contribution in [0.5, 0.6) is 0 Å². The first kappa shape index (κ1) is 14.4. The Hall–Kier alpha value is -1.67. The molecule has 0 aliphatic heterocycles. The summed E-state index contributed by atoms with van der Waals surface area (Å²) >= 11 is 0.972. The SMILES string of the molecule is CC(O)C(C)Sc1nc(C(=O)O)ccc1[N+](=O)[O-]. The Morgan fingerprint density at radius 1 is 1.50 bits per heavy atom. The molecular formula is C10H12N2O5S. The van der Waals surface area contributed by atoms with E-state index in [1.165, 1.54) is 0 Å². The van der Waals surface area contributed by atoms with Crippen LogP contribution in [-0.2, 0) is 0 Å². The van der Waals surface area contributed by atoms with Crippen LogP contribution in [0.25, 0.3) is 0 Å². The highest BCUT2D eigenvalue weighted by Crippen LogP contribution is 2.31. The van der Waals surface area contributed by atoms with Gasteiger partial charge in [-0.2, -0.15) is 0 Å². The molecule has 0 amide bonds. The molecule has 1 aromatic rings. The minimum Gasteiger partial charge on any atom is -0.477 e. The van der Waals surface area contributed by atoms with Gasteiger partial charge in [-0.15, -0.1) is 0 Å². The lowest BCUT2D eigenvalue weighted by atomic mass is 10.3. The summed E-state index contributed by atoms with van der Waals surface area (Å²) in [5.41, 5.74) is -0.529. The number of nitro groups is 1. The molecule has 1 heterocycles. The molecular weight excluding hydrogens is 260 g/mol. The third-order valence-corrected chi connectivity index (χ3v) is 3.52. The molecule has 98 valence electrons. The van der Waals surface area contributed by atoms with Crippen molar-refractivity contribution < 1.29 is 19.9 Å². The number of aromatic nitrogens is 1. The molecule has 1 aromatic heterocycles. The van der Waals surface area contributed by atoms with Crippen LogP contribution in [0.1, 0.15) is 24.3 Å². The van der Waals surface area contributed by atoms with E-state index < -0.39 is 17.0 Å². The maximum atomic E-state index is 10.8. The van der Waals surface area contributed by atoms with Crippen molar-refractivity contribution in [3.05, 3.63) is 27.9 Å². The number of carboxylic acid groups (broad SMARTS) is 1. The standard InChI is InChI=1S/C10H12N2O5S/c1-5(13)6(2)18-9-8(12(16)17)4-3-7(11-9)10(14)15/h3-6,13H,1-2H3,(H,14,15). The highest BCUT2D eigenvalue weighted by molar-refractivity contribution is 8.00. The Bertz CT molecular complexity index is 477. The lowest BCUT2D eigenvalue weighted by Gasteiger charge is -2.13. The van der Waals surface area contributed by atoms with Gasteiger partial charge >= 0.3 is 11.7 Å². The van der Waals surface area contributed by atoms with E-state index in [-0.39, 0.29) is 21.7 Å². The lowest BCUT2D eigenvalue weighted by molar-refractivity contribution is -0.388. The quantitative estimate of drug-likeness (QED) is 0.474. The summed E-state index contributed by atoms with van der Waals surface area (Å²) in [6.45, 7) is 3.22. The number of rotatable bonds is 5. The number of aliphatic hydroxyl groups is 1. The van der Waals surface area contributed by atoms with Crippen LogP contribution < -0.4 is 0 Å². The fraction of sp³-hybridized carbons (Fsp3) is 0.400. The van der Waals surface area contributed by atoms with Crippen LogP contribution in [0.4, 0.5) is 5.69 Å². The fourth-order valence-electron chi connectivity index (χ4n) is 1.05. The smallest absolute Gasteiger partial charge is 0.354 e. The Morgan fingerprint density at radius 2 is 2.11 bits per heavy atom. The summed E-state index contributed by atoms with van der Waals surface area (Å²) in [4.78, 5) is 24.7. The number of aromatic carboxylic acids is 1. The van der Waals surface area contributed by atoms with E-state index in [1.807, 2.05) is 0 Å². The molecule has 0 spiro atoms. The van der Waals surface area contributed by atoms with Crippen molar-refractivity contribution in [2.45, 2.75) is 30.2 Å². The van der Waals surface area contributed by atoms with Gasteiger partial charge in [0.2, 0.25) is 0 Å². The summed E-state index contributed by atoms with van der Waals surface area (Å²) in [5.74, 6) is -1.25. The van der Waals surface area contributed by atoms with E-state index in [0.29, 0.717) is 0 Å². The zero-order valence-electron chi connectivity index (χ0n) is 9.73. The fourth-order valence-corrected chi connectivity index (χ4v) is 2.02. The number of hydrogen-bond donors (Lipinski definition) is 2. The van der Waals surface area contributed by atoms with Crippen molar-refractivity contribution >= 4 is 23.4 Å². The molecule has 0 aliphatic carbocycles. The first-order valence-corrected chi connectivity index (χ1v) is 5.94. The second-order valence-electron chi connectivity index (χ2n) is 3.65. The number of carboxylic acids is 1. The Kier molecular flexibility index (Phi) is 4.62. The summed E-state index contributed by atoms with van der Waals surface area (Å²) in [7, 11) is 0. The minimum atomic E-state index is -1.25. The molecule has 2 atom stereocenters. The minimum absolute atomic E-state index is 0.00620. The van der Waals surface area contributed by atoms with Crippen LogP contribution in [0, 0.1) is 10.1 Å². The molecule has 7 nitrogen and oxygen atoms in total. The molecule has 8 heteroatoms. The van der Waals surface area contributed by atoms with Gasteiger partial charge in [-0.25, -0.2) is 9.78 Å². The monoisotopic (exact) mass is 272 g/mol. The zero-order valence-corrected chi connectivity index (χ0v) is 10.5. The van der Waals surface area contributed by atoms with Crippen molar-refractivity contribution in [1.82, 2.24) is 4.98 Å². The Balaban J connectivity index is 3.15. The molecule has 0 saturated heterocycles. The number of pyridine rings is 1. The summed E-state index contributed by atoms with van der Waals surface area (Å²) < 4.78 is 0. The second-order valence-corrected chi connectivity index (χ2v) is 5.01. The van der Waals surface area contributed by atoms with Crippen LogP contribution in [0.2, 0.25) is 0 Å². The highest BCUT2D eigenvalue weighted by atomic mass is 32.2. The maximum Gasteiger partial charge on any atom is 0.354 e. The summed E-state index contributed by atoms with van der Waals surface area (Å²) in [6.07, 6.45) is -0.690. The number of nitrogens with zero attached hydrogens (tertiary/aromatic N) is 2. The van der Waals surface area contributed by atoms with Gasteiger partial charge in [0.25, 0.3) is 0 Å². The van der Waals surface area contributed by atoms with Gasteiger partial charge in [0.15, 0.2) is 5.03 Å². The molecule has 0 radical (unpaired) electrons. The molecule has 2 N–H and O–H groups in total. The van der Waals surface area contributed by atoms with E-state index in [9.17, 15) is 20.0 Å². The van der Waals surface area contributed by atoms with E-state index in [0.717, 1.165) is 23.9 Å². The summed E-state index contributed by atoms with van der Waals surface area (Å²) in [6, 6.07) is 2.19. The van der Waals surface area contributed by atoms with Crippen molar-refractivity contribution in [3.63, 3.8) is 0 Å². The van der Waals surface area contributed by atoms with Gasteiger partial charge in [0.05, 0.1) is 11.0 Å². The normalized spacial score (nSPS) is 13.9. The van der Waals surface area contributed by atoms with Crippen molar-refractivity contribution in [3.8, 4) is 0 Å². The van der Waals surface area contributed by atoms with Crippen LogP contribution >= 0.6 is 11.8 Å². The first-order valence-electron chi connectivity index (χ1n) is 5.06. The average molecular weight is 272 g/mol. The van der Waals surface area contributed by atoms with Crippen molar-refractivity contribution in [1.29, 1.82) is 0 Å². The third-order valence-electron chi connectivity index (χ3n) is 2.23. The van der Waals surface area contributed by atoms with Crippen molar-refractivity contribution in [2.24, 2.45) is 0 Å². The van der Waals surface area contributed by atoms with Crippen LogP contribution in [0.3, 0.4) is 0 Å². The van der Waals surface area contributed by atoms with Crippen LogP contribution in [-0.4, -0.2) is 37.4 Å². The third kappa shape index (κ3) is 3.41. The molecule has 1 rings (SSSR count). The van der Waals surface area contributed by atoms with E-state index in [2.05, 4.69) is 4.98 Å². The second kappa shape index (κ2) is 5.78. The van der Waals surface area contributed by atoms with Gasteiger partial charge in [-0.3, -0.25) is 10.1 Å². The van der Waals surface area contributed by atoms with Gasteiger partial charge in [0, 0.05) is 11.3 Å². The molecule has 0 bridgehead atoms. The topological polar surface area (TPSA) is 114 Å². The van der Waals surface area contributed by atoms with Crippen LogP contribution in [0.15, 0.2) is 17.2 Å². The molecule has 0 aliphatic rings. The Morgan fingerprint density at radius 3 is 2.56 bits per heavy atom. The molecule has 18 heavy (non-hydrogen) atoms. The number of aliphatic hydroxyl groups excluding tert-OH is 1. The van der Waals surface area contributed by atoms with E-state index >= 15 is 0 Å². The largest absolute Gasteiger partial charge is 0.477 e. The van der Waals surface area contributed by atoms with Gasteiger partial charge in [-0.1, -0.05) is 18.7 Å². The Labute approximate surface area is 107 Å². The molecule has 2 unspecified atom stereocenters. The zero-order chi connectivity index (χ0) is 13.9. The highest BCUT2D eigenvalue weighted by Gasteiger charge is 2.22. The average Bonchev–Trinajstić information content (AvgIpc) is 2.28. The maximum absolute atomic E-state index is 10.8. The molecule has 0 saturated carbocycles. The summed E-state index contributed by atoms with van der Waals surface area (Å²) in [5, 5.41) is 28.6. The van der Waals surface area contributed by atoms with Gasteiger partial charge < -0.3 is 10.2 Å². The lowest BCUT2D eigenvalue weighted by Crippen LogP contribution is -2.16. The van der Waals surface area contributed by atoms with Crippen molar-refractivity contribution in [2.75, 3.05) is 0 Å². The van der Waals surface area contributed by atoms with E-state index in [1.54, 1.807) is 13.8 Å². The number of hydrogen-bond acceptors (Lipinski definition) is 6. The van der Waals surface area contributed by atoms with Gasteiger partial charge in [0.1, 0.15) is 5.69 Å². The van der Waals surface area contributed by atoms with Gasteiger partial charge in [-0.05, 0) is 13.0 Å². The predicted octanol–water partition coefficient (Wildman–Crippen LogP) is 1.55. The van der Waals surface area contributed by atoms with E-state index in [4.69, 9.17) is 5.11 Å². The molecule has 0 fully saturated rings. The number of thioether (sulfide) groups is 1. The predicted molar refractivity (Wildman–Crippen MR) is 64.9 cm³/mol.